The molecule has 0 radical (unpaired) electrons. The van der Waals surface area contributed by atoms with E-state index in [1.54, 1.807) is 7.11 Å². The van der Waals surface area contributed by atoms with E-state index in [1.807, 2.05) is 54.6 Å². The molecule has 2 aromatic carbocycles. The van der Waals surface area contributed by atoms with Gasteiger partial charge >= 0.3 is 0 Å². The van der Waals surface area contributed by atoms with Crippen LogP contribution < -0.4 is 4.74 Å². The van der Waals surface area contributed by atoms with Crippen molar-refractivity contribution in [1.29, 1.82) is 0 Å². The monoisotopic (exact) mass is 402 g/mol. The van der Waals surface area contributed by atoms with Gasteiger partial charge in [-0.05, 0) is 30.2 Å². The molecule has 1 fully saturated rings. The highest BCUT2D eigenvalue weighted by atomic mass is 16.7. The smallest absolute Gasteiger partial charge is 0.147 e. The van der Waals surface area contributed by atoms with E-state index in [0.717, 1.165) is 16.9 Å². The van der Waals surface area contributed by atoms with Gasteiger partial charge in [0.05, 0.1) is 45.7 Å². The zero-order valence-corrected chi connectivity index (χ0v) is 17.1. The molecule has 3 atom stereocenters. The Balaban J connectivity index is 1.27. The molecule has 3 rings (SSSR count). The predicted octanol–water partition coefficient (Wildman–Crippen LogP) is 3.78. The first-order valence-electron chi connectivity index (χ1n) is 9.89. The van der Waals surface area contributed by atoms with E-state index in [-0.39, 0.29) is 31.7 Å². The highest BCUT2D eigenvalue weighted by molar-refractivity contribution is 5.26. The Morgan fingerprint density at radius 1 is 0.793 bits per heavy atom. The van der Waals surface area contributed by atoms with Crippen LogP contribution in [0.15, 0.2) is 54.6 Å². The fourth-order valence-corrected chi connectivity index (χ4v) is 3.07. The summed E-state index contributed by atoms with van der Waals surface area (Å²) >= 11 is 0. The molecule has 1 aliphatic heterocycles. The first-order chi connectivity index (χ1) is 14.3. The molecule has 0 N–H and O–H groups in total. The van der Waals surface area contributed by atoms with Crippen LogP contribution >= 0.6 is 0 Å². The van der Waals surface area contributed by atoms with Crippen LogP contribution in [0, 0.1) is 5.92 Å². The molecule has 0 amide bonds. The van der Waals surface area contributed by atoms with E-state index in [2.05, 4.69) is 6.92 Å². The van der Waals surface area contributed by atoms with Crippen LogP contribution in [0.2, 0.25) is 0 Å². The Morgan fingerprint density at radius 2 is 1.34 bits per heavy atom. The van der Waals surface area contributed by atoms with Gasteiger partial charge < -0.3 is 28.4 Å². The van der Waals surface area contributed by atoms with Crippen LogP contribution in [-0.4, -0.2) is 46.1 Å². The molecule has 0 aliphatic carbocycles. The minimum atomic E-state index is 0.162. The van der Waals surface area contributed by atoms with Crippen LogP contribution in [0.25, 0.3) is 0 Å². The van der Waals surface area contributed by atoms with Crippen LogP contribution in [0.1, 0.15) is 18.1 Å². The second kappa shape index (κ2) is 11.9. The Hall–Kier alpha value is -1.96. The van der Waals surface area contributed by atoms with Gasteiger partial charge in [0.2, 0.25) is 0 Å². The van der Waals surface area contributed by atoms with Gasteiger partial charge in [-0.15, -0.1) is 0 Å². The van der Waals surface area contributed by atoms with Crippen LogP contribution in [0.3, 0.4) is 0 Å². The van der Waals surface area contributed by atoms with Crippen molar-refractivity contribution in [3.8, 4) is 5.75 Å². The lowest BCUT2D eigenvalue weighted by Gasteiger charge is -2.16. The zero-order valence-electron chi connectivity index (χ0n) is 17.1. The van der Waals surface area contributed by atoms with Gasteiger partial charge in [0.1, 0.15) is 19.3 Å². The van der Waals surface area contributed by atoms with Gasteiger partial charge in [0.25, 0.3) is 0 Å². The lowest BCUT2D eigenvalue weighted by Crippen LogP contribution is -2.24. The molecule has 2 aromatic rings. The largest absolute Gasteiger partial charge is 0.497 e. The van der Waals surface area contributed by atoms with Crippen molar-refractivity contribution in [1.82, 2.24) is 0 Å². The third-order valence-corrected chi connectivity index (χ3v) is 4.76. The van der Waals surface area contributed by atoms with E-state index in [9.17, 15) is 0 Å². The highest BCUT2D eigenvalue weighted by Gasteiger charge is 2.41. The van der Waals surface area contributed by atoms with Crippen molar-refractivity contribution in [2.75, 3.05) is 33.9 Å². The summed E-state index contributed by atoms with van der Waals surface area (Å²) in [6.45, 7) is 4.63. The number of benzene rings is 2. The topological polar surface area (TPSA) is 58.7 Å². The fourth-order valence-electron chi connectivity index (χ4n) is 3.07. The van der Waals surface area contributed by atoms with Gasteiger partial charge in [-0.2, -0.15) is 0 Å². The maximum absolute atomic E-state index is 5.69. The standard InChI is InChI=1S/C23H30O6/c1-18-23(29-18)21(14-27-16-25-12-19-6-4-3-5-7-19)15-28-17-26-13-20-8-10-22(24-2)11-9-20/h3-11,18,21,23H,12-17H2,1-2H3/t18-,21-,23-/m0/s1. The van der Waals surface area contributed by atoms with Crippen molar-refractivity contribution >= 4 is 0 Å². The number of hydrogen-bond acceptors (Lipinski definition) is 6. The van der Waals surface area contributed by atoms with Crippen molar-refractivity contribution in [3.63, 3.8) is 0 Å². The molecule has 0 unspecified atom stereocenters. The number of methoxy groups -OCH3 is 1. The third-order valence-electron chi connectivity index (χ3n) is 4.76. The summed E-state index contributed by atoms with van der Waals surface area (Å²) in [6.07, 6.45) is 0.420. The quantitative estimate of drug-likeness (QED) is 0.272. The summed E-state index contributed by atoms with van der Waals surface area (Å²) in [5, 5.41) is 0. The van der Waals surface area contributed by atoms with Crippen molar-refractivity contribution < 1.29 is 28.4 Å². The van der Waals surface area contributed by atoms with Crippen LogP contribution in [0.4, 0.5) is 0 Å². The van der Waals surface area contributed by atoms with Crippen molar-refractivity contribution in [2.45, 2.75) is 32.3 Å². The fraction of sp³-hybridized carbons (Fsp3) is 0.478. The third kappa shape index (κ3) is 7.76. The van der Waals surface area contributed by atoms with Gasteiger partial charge in [0.15, 0.2) is 0 Å². The van der Waals surface area contributed by atoms with Gasteiger partial charge in [-0.3, -0.25) is 0 Å². The lowest BCUT2D eigenvalue weighted by atomic mass is 10.1. The summed E-state index contributed by atoms with van der Waals surface area (Å²) in [6, 6.07) is 17.8. The van der Waals surface area contributed by atoms with Crippen molar-refractivity contribution in [2.24, 2.45) is 5.92 Å². The maximum atomic E-state index is 5.69. The zero-order chi connectivity index (χ0) is 20.3. The molecule has 0 bridgehead atoms. The minimum Gasteiger partial charge on any atom is -0.497 e. The molecular weight excluding hydrogens is 372 g/mol. The Bertz CT molecular complexity index is 690. The van der Waals surface area contributed by atoms with E-state index >= 15 is 0 Å². The first kappa shape index (κ1) is 21.7. The molecule has 1 saturated heterocycles. The van der Waals surface area contributed by atoms with E-state index < -0.39 is 0 Å². The Morgan fingerprint density at radius 3 is 1.86 bits per heavy atom. The predicted molar refractivity (Wildman–Crippen MR) is 108 cm³/mol. The maximum Gasteiger partial charge on any atom is 0.147 e. The molecule has 158 valence electrons. The molecule has 6 heteroatoms. The molecule has 1 aliphatic rings. The van der Waals surface area contributed by atoms with Gasteiger partial charge in [-0.25, -0.2) is 0 Å². The Labute approximate surface area is 172 Å². The second-order valence-electron chi connectivity index (χ2n) is 7.07. The number of rotatable bonds is 14. The average molecular weight is 402 g/mol. The normalized spacial score (nSPS) is 19.1. The summed E-state index contributed by atoms with van der Waals surface area (Å²) in [7, 11) is 1.65. The molecule has 0 spiro atoms. The molecule has 1 heterocycles. The van der Waals surface area contributed by atoms with Gasteiger partial charge in [-0.1, -0.05) is 42.5 Å². The number of epoxide rings is 1. The Kier molecular flexibility index (Phi) is 8.92. The van der Waals surface area contributed by atoms with Crippen LogP contribution in [-0.2, 0) is 36.9 Å². The minimum absolute atomic E-state index is 0.162. The van der Waals surface area contributed by atoms with E-state index in [4.69, 9.17) is 28.4 Å². The summed E-state index contributed by atoms with van der Waals surface area (Å²) in [5.74, 6) is 0.994. The first-order valence-corrected chi connectivity index (χ1v) is 9.89. The molecule has 0 saturated carbocycles. The van der Waals surface area contributed by atoms with E-state index in [0.29, 0.717) is 26.4 Å². The molecular formula is C23H30O6. The number of ether oxygens (including phenoxy) is 6. The molecule has 0 aromatic heterocycles. The molecule has 6 nitrogen and oxygen atoms in total. The highest BCUT2D eigenvalue weighted by Crippen LogP contribution is 2.29. The molecule has 29 heavy (non-hydrogen) atoms. The average Bonchev–Trinajstić information content (AvgIpc) is 3.49. The van der Waals surface area contributed by atoms with Crippen molar-refractivity contribution in [3.05, 3.63) is 65.7 Å². The van der Waals surface area contributed by atoms with Crippen LogP contribution in [0.5, 0.6) is 5.75 Å². The van der Waals surface area contributed by atoms with E-state index in [1.165, 1.54) is 0 Å². The van der Waals surface area contributed by atoms with Gasteiger partial charge in [0, 0.05) is 5.92 Å². The second-order valence-corrected chi connectivity index (χ2v) is 7.07. The number of hydrogen-bond donors (Lipinski definition) is 0. The summed E-state index contributed by atoms with van der Waals surface area (Å²) in [4.78, 5) is 0. The SMILES string of the molecule is COc1ccc(COCOC[C@H](COCOCc2ccccc2)[C@H]2O[C@H]2C)cc1. The lowest BCUT2D eigenvalue weighted by molar-refractivity contribution is -0.103. The summed E-state index contributed by atoms with van der Waals surface area (Å²) in [5.41, 5.74) is 2.20. The summed E-state index contributed by atoms with van der Waals surface area (Å²) < 4.78 is 33.3.